The van der Waals surface area contributed by atoms with E-state index in [-0.39, 0.29) is 5.91 Å². The summed E-state index contributed by atoms with van der Waals surface area (Å²) in [5.74, 6) is 6.32. The van der Waals surface area contributed by atoms with E-state index in [9.17, 15) is 4.79 Å². The molecule has 26 heavy (non-hydrogen) atoms. The molecule has 0 bridgehead atoms. The summed E-state index contributed by atoms with van der Waals surface area (Å²) < 4.78 is 1.33. The van der Waals surface area contributed by atoms with Crippen molar-refractivity contribution in [3.8, 4) is 11.4 Å². The molecule has 6 nitrogen and oxygen atoms in total. The first kappa shape index (κ1) is 18.6. The molecule has 0 aliphatic rings. The third-order valence-electron chi connectivity index (χ3n) is 3.52. The summed E-state index contributed by atoms with van der Waals surface area (Å²) in [6.07, 6.45) is 0. The van der Waals surface area contributed by atoms with Crippen LogP contribution in [0.15, 0.2) is 53.7 Å². The summed E-state index contributed by atoms with van der Waals surface area (Å²) in [6.45, 7) is 1.76. The summed E-state index contributed by atoms with van der Waals surface area (Å²) in [4.78, 5) is 12.4. The molecule has 0 saturated carbocycles. The Labute approximate surface area is 164 Å². The maximum Gasteiger partial charge on any atom is 0.237 e. The number of halogens is 2. The SMILES string of the molecule is C[C@@H](Sc1nnc(-c2ccccc2Cl)n1N)C(=O)Nc1cccc(Cl)c1. The van der Waals surface area contributed by atoms with E-state index in [0.717, 1.165) is 0 Å². The molecule has 134 valence electrons. The van der Waals surface area contributed by atoms with Crippen molar-refractivity contribution in [2.75, 3.05) is 11.2 Å². The average Bonchev–Trinajstić information content (AvgIpc) is 2.96. The molecule has 0 saturated heterocycles. The van der Waals surface area contributed by atoms with E-state index in [1.807, 2.05) is 12.1 Å². The third kappa shape index (κ3) is 4.12. The Hall–Kier alpha value is -2.22. The highest BCUT2D eigenvalue weighted by Gasteiger charge is 2.20. The van der Waals surface area contributed by atoms with Crippen LogP contribution in [0.5, 0.6) is 0 Å². The fraction of sp³-hybridized carbons (Fsp3) is 0.118. The van der Waals surface area contributed by atoms with Crippen LogP contribution in [0, 0.1) is 0 Å². The smallest absolute Gasteiger partial charge is 0.237 e. The number of nitrogen functional groups attached to an aromatic ring is 1. The van der Waals surface area contributed by atoms with Gasteiger partial charge in [0.25, 0.3) is 0 Å². The Morgan fingerprint density at radius 2 is 1.96 bits per heavy atom. The zero-order valence-corrected chi connectivity index (χ0v) is 16.0. The van der Waals surface area contributed by atoms with Crippen LogP contribution in [0.4, 0.5) is 5.69 Å². The highest BCUT2D eigenvalue weighted by molar-refractivity contribution is 8.00. The van der Waals surface area contributed by atoms with E-state index in [1.54, 1.807) is 43.3 Å². The van der Waals surface area contributed by atoms with Gasteiger partial charge in [0.1, 0.15) is 0 Å². The second-order valence-electron chi connectivity index (χ2n) is 5.42. The number of anilines is 1. The molecule has 3 N–H and O–H groups in total. The van der Waals surface area contributed by atoms with Crippen molar-refractivity contribution in [3.63, 3.8) is 0 Å². The van der Waals surface area contributed by atoms with Gasteiger partial charge in [-0.15, -0.1) is 10.2 Å². The number of hydrogen-bond acceptors (Lipinski definition) is 5. The van der Waals surface area contributed by atoms with E-state index >= 15 is 0 Å². The molecule has 0 radical (unpaired) electrons. The van der Waals surface area contributed by atoms with Gasteiger partial charge in [-0.2, -0.15) is 0 Å². The summed E-state index contributed by atoms with van der Waals surface area (Å²) in [5.41, 5.74) is 1.30. The van der Waals surface area contributed by atoms with E-state index in [1.165, 1.54) is 16.4 Å². The van der Waals surface area contributed by atoms with Gasteiger partial charge in [-0.25, -0.2) is 4.68 Å². The second kappa shape index (κ2) is 7.99. The van der Waals surface area contributed by atoms with E-state index in [0.29, 0.717) is 32.3 Å². The fourth-order valence-electron chi connectivity index (χ4n) is 2.21. The molecular weight excluding hydrogens is 393 g/mol. The second-order valence-corrected chi connectivity index (χ2v) is 7.57. The number of benzene rings is 2. The zero-order valence-electron chi connectivity index (χ0n) is 13.7. The Morgan fingerprint density at radius 3 is 2.69 bits per heavy atom. The molecule has 3 rings (SSSR count). The number of hydrogen-bond donors (Lipinski definition) is 2. The lowest BCUT2D eigenvalue weighted by Crippen LogP contribution is -2.23. The van der Waals surface area contributed by atoms with Gasteiger partial charge in [0.15, 0.2) is 5.82 Å². The maximum atomic E-state index is 12.4. The number of nitrogens with two attached hydrogens (primary N) is 1. The minimum Gasteiger partial charge on any atom is -0.335 e. The molecule has 0 unspecified atom stereocenters. The molecule has 9 heteroatoms. The Morgan fingerprint density at radius 1 is 1.19 bits per heavy atom. The lowest BCUT2D eigenvalue weighted by molar-refractivity contribution is -0.115. The van der Waals surface area contributed by atoms with Gasteiger partial charge in [0.05, 0.1) is 10.3 Å². The normalized spacial score (nSPS) is 12.0. The van der Waals surface area contributed by atoms with Crippen LogP contribution in [-0.2, 0) is 4.79 Å². The van der Waals surface area contributed by atoms with Crippen molar-refractivity contribution < 1.29 is 4.79 Å². The number of carbonyl (C=O) groups is 1. The predicted molar refractivity (Wildman–Crippen MR) is 106 cm³/mol. The van der Waals surface area contributed by atoms with Gasteiger partial charge in [-0.05, 0) is 37.3 Å². The number of carbonyl (C=O) groups excluding carboxylic acids is 1. The topological polar surface area (TPSA) is 85.8 Å². The van der Waals surface area contributed by atoms with Crippen LogP contribution in [0.3, 0.4) is 0 Å². The first-order valence-corrected chi connectivity index (χ1v) is 9.27. The van der Waals surface area contributed by atoms with E-state index < -0.39 is 5.25 Å². The molecule has 2 aromatic carbocycles. The molecule has 0 spiro atoms. The van der Waals surface area contributed by atoms with Crippen LogP contribution in [0.1, 0.15) is 6.92 Å². The van der Waals surface area contributed by atoms with Gasteiger partial charge in [0.2, 0.25) is 11.1 Å². The number of amides is 1. The molecule has 0 fully saturated rings. The zero-order chi connectivity index (χ0) is 18.7. The van der Waals surface area contributed by atoms with Crippen molar-refractivity contribution in [3.05, 3.63) is 58.6 Å². The van der Waals surface area contributed by atoms with Crippen LogP contribution in [0.2, 0.25) is 10.0 Å². The molecule has 1 aromatic heterocycles. The molecule has 0 aliphatic carbocycles. The van der Waals surface area contributed by atoms with Crippen molar-refractivity contribution in [1.29, 1.82) is 0 Å². The quantitative estimate of drug-likeness (QED) is 0.491. The number of rotatable bonds is 5. The monoisotopic (exact) mass is 407 g/mol. The van der Waals surface area contributed by atoms with E-state index in [4.69, 9.17) is 29.0 Å². The lowest BCUT2D eigenvalue weighted by atomic mass is 10.2. The van der Waals surface area contributed by atoms with Crippen molar-refractivity contribution in [1.82, 2.24) is 14.9 Å². The molecular formula is C17H15Cl2N5OS. The summed E-state index contributed by atoms with van der Waals surface area (Å²) >= 11 is 13.3. The van der Waals surface area contributed by atoms with Crippen molar-refractivity contribution in [2.45, 2.75) is 17.3 Å². The van der Waals surface area contributed by atoms with Crippen molar-refractivity contribution in [2.24, 2.45) is 0 Å². The maximum absolute atomic E-state index is 12.4. The minimum absolute atomic E-state index is 0.195. The fourth-order valence-corrected chi connectivity index (χ4v) is 3.39. The van der Waals surface area contributed by atoms with Gasteiger partial charge in [-0.3, -0.25) is 4.79 Å². The molecule has 3 aromatic rings. The summed E-state index contributed by atoms with van der Waals surface area (Å²) in [6, 6.07) is 14.2. The van der Waals surface area contributed by atoms with Gasteiger partial charge in [0, 0.05) is 16.3 Å². The molecule has 0 aliphatic heterocycles. The van der Waals surface area contributed by atoms with Crippen LogP contribution in [0.25, 0.3) is 11.4 Å². The number of aromatic nitrogens is 3. The highest BCUT2D eigenvalue weighted by Crippen LogP contribution is 2.29. The summed E-state index contributed by atoms with van der Waals surface area (Å²) in [5, 5.41) is 12.0. The Kier molecular flexibility index (Phi) is 5.70. The number of nitrogens with zero attached hydrogens (tertiary/aromatic N) is 3. The predicted octanol–water partition coefficient (Wildman–Crippen LogP) is 4.09. The lowest BCUT2D eigenvalue weighted by Gasteiger charge is -2.12. The number of thioether (sulfide) groups is 1. The van der Waals surface area contributed by atoms with Gasteiger partial charge < -0.3 is 11.2 Å². The minimum atomic E-state index is -0.445. The van der Waals surface area contributed by atoms with Crippen LogP contribution >= 0.6 is 35.0 Å². The molecule has 1 heterocycles. The first-order valence-electron chi connectivity index (χ1n) is 7.64. The van der Waals surface area contributed by atoms with Crippen LogP contribution < -0.4 is 11.2 Å². The Balaban J connectivity index is 1.73. The Bertz CT molecular complexity index is 946. The average molecular weight is 408 g/mol. The first-order chi connectivity index (χ1) is 12.5. The van der Waals surface area contributed by atoms with Gasteiger partial charge in [-0.1, -0.05) is 53.2 Å². The van der Waals surface area contributed by atoms with Crippen LogP contribution in [-0.4, -0.2) is 26.0 Å². The summed E-state index contributed by atoms with van der Waals surface area (Å²) in [7, 11) is 0. The third-order valence-corrected chi connectivity index (χ3v) is 5.14. The molecule has 1 amide bonds. The van der Waals surface area contributed by atoms with Crippen molar-refractivity contribution >= 4 is 46.6 Å². The standard InChI is InChI=1S/C17H15Cl2N5OS/c1-10(16(25)21-12-6-4-5-11(18)9-12)26-17-23-22-15(24(17)20)13-7-2-3-8-14(13)19/h2-10H,20H2,1H3,(H,21,25)/t10-/m1/s1. The number of nitrogens with one attached hydrogen (secondary N) is 1. The van der Waals surface area contributed by atoms with E-state index in [2.05, 4.69) is 15.5 Å². The van der Waals surface area contributed by atoms with Gasteiger partial charge >= 0.3 is 0 Å². The highest BCUT2D eigenvalue weighted by atomic mass is 35.5. The largest absolute Gasteiger partial charge is 0.335 e. The molecule has 1 atom stereocenters.